The van der Waals surface area contributed by atoms with E-state index in [0.717, 1.165) is 0 Å². The Morgan fingerprint density at radius 2 is 2.06 bits per heavy atom. The van der Waals surface area contributed by atoms with Crippen LogP contribution in [0.5, 0.6) is 0 Å². The summed E-state index contributed by atoms with van der Waals surface area (Å²) in [4.78, 5) is 25.1. The quantitative estimate of drug-likeness (QED) is 0.604. The number of amides is 1. The van der Waals surface area contributed by atoms with Crippen molar-refractivity contribution in [1.29, 1.82) is 0 Å². The molecule has 0 fully saturated rings. The maximum Gasteiger partial charge on any atom is 0.278 e. The molecule has 1 amide bonds. The van der Waals surface area contributed by atoms with Crippen molar-refractivity contribution in [3.63, 3.8) is 0 Å². The first-order chi connectivity index (χ1) is 7.59. The number of aromatic nitrogens is 1. The minimum atomic E-state index is -0.659. The highest BCUT2D eigenvalue weighted by Crippen LogP contribution is 2.23. The second-order valence-electron chi connectivity index (χ2n) is 3.16. The zero-order valence-corrected chi connectivity index (χ0v) is 8.08. The van der Waals surface area contributed by atoms with Crippen LogP contribution in [0, 0.1) is 10.1 Å². The summed E-state index contributed by atoms with van der Waals surface area (Å²) in [6, 6.07) is 7.33. The molecule has 0 aliphatic rings. The first-order valence-corrected chi connectivity index (χ1v) is 4.43. The number of non-ortho nitro benzene ring substituents is 1. The molecule has 0 aliphatic heterocycles. The molecule has 0 atom stereocenters. The number of nitrogens with two attached hydrogens (primary N) is 1. The van der Waals surface area contributed by atoms with Gasteiger partial charge in [0.2, 0.25) is 0 Å². The monoisotopic (exact) mass is 217 g/mol. The van der Waals surface area contributed by atoms with Crippen molar-refractivity contribution in [3.8, 4) is 0 Å². The van der Waals surface area contributed by atoms with Gasteiger partial charge in [-0.3, -0.25) is 14.9 Å². The summed E-state index contributed by atoms with van der Waals surface area (Å²) in [6.45, 7) is 0. The van der Waals surface area contributed by atoms with Gasteiger partial charge in [0.15, 0.2) is 0 Å². The molecule has 6 heteroatoms. The van der Waals surface area contributed by atoms with Gasteiger partial charge in [-0.2, -0.15) is 0 Å². The van der Waals surface area contributed by atoms with Gasteiger partial charge in [-0.1, -0.05) is 6.07 Å². The third kappa shape index (κ3) is 1.56. The van der Waals surface area contributed by atoms with Gasteiger partial charge in [0.1, 0.15) is 5.69 Å². The molecule has 0 unspecified atom stereocenters. The molecule has 2 N–H and O–H groups in total. The van der Waals surface area contributed by atoms with Crippen molar-refractivity contribution < 1.29 is 9.72 Å². The Morgan fingerprint density at radius 1 is 1.31 bits per heavy atom. The van der Waals surface area contributed by atoms with Crippen molar-refractivity contribution in [2.75, 3.05) is 0 Å². The molecule has 6 nitrogen and oxygen atoms in total. The van der Waals surface area contributed by atoms with Crippen molar-refractivity contribution in [2.45, 2.75) is 0 Å². The lowest BCUT2D eigenvalue weighted by Crippen LogP contribution is -2.12. The van der Waals surface area contributed by atoms with Crippen LogP contribution in [0.2, 0.25) is 0 Å². The summed E-state index contributed by atoms with van der Waals surface area (Å²) in [5.74, 6) is -0.659. The topological polar surface area (TPSA) is 99.1 Å². The van der Waals surface area contributed by atoms with E-state index in [9.17, 15) is 14.9 Å². The molecule has 0 saturated carbocycles. The maximum absolute atomic E-state index is 10.9. The Bertz CT molecular complexity index is 595. The zero-order valence-electron chi connectivity index (χ0n) is 8.08. The largest absolute Gasteiger partial charge is 0.364 e. The van der Waals surface area contributed by atoms with Crippen LogP contribution in [0.15, 0.2) is 30.3 Å². The van der Waals surface area contributed by atoms with Crippen molar-refractivity contribution in [2.24, 2.45) is 5.73 Å². The van der Waals surface area contributed by atoms with Crippen LogP contribution in [0.3, 0.4) is 0 Å². The van der Waals surface area contributed by atoms with E-state index in [-0.39, 0.29) is 11.4 Å². The van der Waals surface area contributed by atoms with Crippen LogP contribution in [-0.2, 0) is 0 Å². The van der Waals surface area contributed by atoms with Gasteiger partial charge in [-0.05, 0) is 18.2 Å². The number of nitro benzene ring substituents is 1. The number of primary amides is 1. The molecule has 1 heterocycles. The van der Waals surface area contributed by atoms with Gasteiger partial charge >= 0.3 is 0 Å². The summed E-state index contributed by atoms with van der Waals surface area (Å²) in [6.07, 6.45) is 0. The van der Waals surface area contributed by atoms with Crippen LogP contribution in [0.4, 0.5) is 5.69 Å². The van der Waals surface area contributed by atoms with E-state index in [0.29, 0.717) is 10.9 Å². The number of benzene rings is 1. The van der Waals surface area contributed by atoms with Gasteiger partial charge < -0.3 is 5.73 Å². The van der Waals surface area contributed by atoms with Crippen LogP contribution < -0.4 is 5.73 Å². The molecule has 1 aromatic heterocycles. The predicted molar refractivity (Wildman–Crippen MR) is 56.9 cm³/mol. The fourth-order valence-electron chi connectivity index (χ4n) is 1.44. The van der Waals surface area contributed by atoms with E-state index >= 15 is 0 Å². The first-order valence-electron chi connectivity index (χ1n) is 4.43. The Balaban J connectivity index is 2.73. The lowest BCUT2D eigenvalue weighted by molar-refractivity contribution is -0.383. The number of pyridine rings is 1. The summed E-state index contributed by atoms with van der Waals surface area (Å²) in [5, 5.41) is 11.1. The number of nitrogens with zero attached hydrogens (tertiary/aromatic N) is 2. The van der Waals surface area contributed by atoms with E-state index in [2.05, 4.69) is 4.98 Å². The minimum Gasteiger partial charge on any atom is -0.364 e. The molecule has 0 aliphatic carbocycles. The van der Waals surface area contributed by atoms with Gasteiger partial charge in [-0.15, -0.1) is 0 Å². The average molecular weight is 217 g/mol. The third-order valence-electron chi connectivity index (χ3n) is 2.16. The van der Waals surface area contributed by atoms with E-state index < -0.39 is 10.8 Å². The van der Waals surface area contributed by atoms with Gasteiger partial charge in [-0.25, -0.2) is 4.98 Å². The summed E-state index contributed by atoms with van der Waals surface area (Å²) < 4.78 is 0. The molecule has 16 heavy (non-hydrogen) atoms. The molecular weight excluding hydrogens is 210 g/mol. The number of rotatable bonds is 2. The number of nitro groups is 1. The molecule has 0 saturated heterocycles. The smallest absolute Gasteiger partial charge is 0.278 e. The summed E-state index contributed by atoms with van der Waals surface area (Å²) >= 11 is 0. The summed E-state index contributed by atoms with van der Waals surface area (Å²) in [5.41, 5.74) is 5.50. The molecule has 0 spiro atoms. The highest BCUT2D eigenvalue weighted by atomic mass is 16.6. The van der Waals surface area contributed by atoms with Crippen molar-refractivity contribution in [3.05, 3.63) is 46.1 Å². The van der Waals surface area contributed by atoms with E-state index in [1.54, 1.807) is 6.07 Å². The van der Waals surface area contributed by atoms with Crippen LogP contribution >= 0.6 is 0 Å². The molecule has 80 valence electrons. The molecule has 1 aromatic carbocycles. The highest BCUT2D eigenvalue weighted by molar-refractivity contribution is 5.95. The lowest BCUT2D eigenvalue weighted by Gasteiger charge is -2.00. The molecule has 2 rings (SSSR count). The molecule has 2 aromatic rings. The van der Waals surface area contributed by atoms with Gasteiger partial charge in [0.25, 0.3) is 11.6 Å². The van der Waals surface area contributed by atoms with E-state index in [1.807, 2.05) is 0 Å². The second kappa shape index (κ2) is 3.58. The van der Waals surface area contributed by atoms with Crippen molar-refractivity contribution in [1.82, 2.24) is 4.98 Å². The SMILES string of the molecule is NC(=O)c1ccc2c([N+](=O)[O-])cccc2n1. The summed E-state index contributed by atoms with van der Waals surface area (Å²) in [7, 11) is 0. The maximum atomic E-state index is 10.9. The number of carbonyl (C=O) groups excluding carboxylic acids is 1. The molecular formula is C10H7N3O3. The Labute approximate surface area is 89.9 Å². The normalized spacial score (nSPS) is 10.2. The lowest BCUT2D eigenvalue weighted by atomic mass is 10.1. The predicted octanol–water partition coefficient (Wildman–Crippen LogP) is 1.24. The third-order valence-corrected chi connectivity index (χ3v) is 2.16. The second-order valence-corrected chi connectivity index (χ2v) is 3.16. The van der Waals surface area contributed by atoms with E-state index in [4.69, 9.17) is 5.73 Å². The van der Waals surface area contributed by atoms with Crippen LogP contribution in [-0.4, -0.2) is 15.8 Å². The average Bonchev–Trinajstić information content (AvgIpc) is 2.27. The van der Waals surface area contributed by atoms with Gasteiger partial charge in [0.05, 0.1) is 15.8 Å². The van der Waals surface area contributed by atoms with E-state index in [1.165, 1.54) is 24.3 Å². The fourth-order valence-corrected chi connectivity index (χ4v) is 1.44. The minimum absolute atomic E-state index is 0.0407. The first kappa shape index (κ1) is 10.0. The fraction of sp³-hybridized carbons (Fsp3) is 0. The Morgan fingerprint density at radius 3 is 2.69 bits per heavy atom. The number of hydrogen-bond donors (Lipinski definition) is 1. The Hall–Kier alpha value is -2.50. The van der Waals surface area contributed by atoms with Crippen LogP contribution in [0.25, 0.3) is 10.9 Å². The highest BCUT2D eigenvalue weighted by Gasteiger charge is 2.12. The van der Waals surface area contributed by atoms with Gasteiger partial charge in [0, 0.05) is 6.07 Å². The number of hydrogen-bond acceptors (Lipinski definition) is 4. The molecule has 0 bridgehead atoms. The van der Waals surface area contributed by atoms with Crippen LogP contribution in [0.1, 0.15) is 10.5 Å². The zero-order chi connectivity index (χ0) is 11.7. The Kier molecular flexibility index (Phi) is 2.24. The number of carbonyl (C=O) groups is 1. The standard InChI is InChI=1S/C10H7N3O3/c11-10(14)8-5-4-6-7(12-8)2-1-3-9(6)13(15)16/h1-5H,(H2,11,14). The number of fused-ring (bicyclic) bond motifs is 1. The molecule has 0 radical (unpaired) electrons. The van der Waals surface area contributed by atoms with Crippen molar-refractivity contribution >= 4 is 22.5 Å².